The third-order valence-electron chi connectivity index (χ3n) is 4.41. The van der Waals surface area contributed by atoms with E-state index in [0.29, 0.717) is 6.42 Å². The standard InChI is InChI=1S/C19H23N3O3/c1-11-4-8-17(25-11)13(3)21-19(24)20-12(2)14-5-7-16-15(10-14)6-9-18(23)22-16/h4-5,7-8,10,12-13H,6,9H2,1-3H3,(H,22,23)(H2,20,21,24). The number of rotatable bonds is 4. The molecule has 1 aliphatic rings. The molecule has 0 saturated heterocycles. The molecule has 2 unspecified atom stereocenters. The van der Waals surface area contributed by atoms with E-state index < -0.39 is 0 Å². The fourth-order valence-corrected chi connectivity index (χ4v) is 2.95. The molecular formula is C19H23N3O3. The maximum atomic E-state index is 12.2. The highest BCUT2D eigenvalue weighted by Gasteiger charge is 2.18. The van der Waals surface area contributed by atoms with Crippen molar-refractivity contribution >= 4 is 17.6 Å². The maximum Gasteiger partial charge on any atom is 0.315 e. The minimum absolute atomic E-state index is 0.0490. The number of furan rings is 1. The average molecular weight is 341 g/mol. The van der Waals surface area contributed by atoms with Crippen LogP contribution < -0.4 is 16.0 Å². The highest BCUT2D eigenvalue weighted by Crippen LogP contribution is 2.26. The lowest BCUT2D eigenvalue weighted by Crippen LogP contribution is -2.38. The van der Waals surface area contributed by atoms with E-state index in [1.54, 1.807) is 0 Å². The van der Waals surface area contributed by atoms with Gasteiger partial charge in [-0.2, -0.15) is 0 Å². The van der Waals surface area contributed by atoms with Gasteiger partial charge in [0.1, 0.15) is 11.5 Å². The van der Waals surface area contributed by atoms with Crippen LogP contribution in [0.15, 0.2) is 34.7 Å². The largest absolute Gasteiger partial charge is 0.464 e. The summed E-state index contributed by atoms with van der Waals surface area (Å²) < 4.78 is 5.53. The molecule has 0 fully saturated rings. The summed E-state index contributed by atoms with van der Waals surface area (Å²) in [6.45, 7) is 5.69. The Morgan fingerprint density at radius 3 is 2.60 bits per heavy atom. The first-order chi connectivity index (χ1) is 11.9. The summed E-state index contributed by atoms with van der Waals surface area (Å²) in [6, 6.07) is 8.99. The zero-order valence-electron chi connectivity index (χ0n) is 14.7. The Balaban J connectivity index is 1.61. The molecule has 1 aromatic carbocycles. The van der Waals surface area contributed by atoms with Crippen molar-refractivity contribution in [3.63, 3.8) is 0 Å². The minimum Gasteiger partial charge on any atom is -0.464 e. The molecule has 1 aliphatic heterocycles. The summed E-state index contributed by atoms with van der Waals surface area (Å²) in [5.74, 6) is 1.59. The number of urea groups is 1. The van der Waals surface area contributed by atoms with Crippen molar-refractivity contribution in [1.82, 2.24) is 10.6 Å². The summed E-state index contributed by atoms with van der Waals surface area (Å²) >= 11 is 0. The van der Waals surface area contributed by atoms with Crippen LogP contribution >= 0.6 is 0 Å². The first-order valence-electron chi connectivity index (χ1n) is 8.48. The van der Waals surface area contributed by atoms with Crippen molar-refractivity contribution < 1.29 is 14.0 Å². The van der Waals surface area contributed by atoms with Gasteiger partial charge >= 0.3 is 6.03 Å². The van der Waals surface area contributed by atoms with Gasteiger partial charge in [0.15, 0.2) is 0 Å². The third-order valence-corrected chi connectivity index (χ3v) is 4.41. The van der Waals surface area contributed by atoms with Crippen molar-refractivity contribution in [1.29, 1.82) is 0 Å². The third kappa shape index (κ3) is 4.02. The number of hydrogen-bond acceptors (Lipinski definition) is 3. The lowest BCUT2D eigenvalue weighted by molar-refractivity contribution is -0.116. The Hall–Kier alpha value is -2.76. The second kappa shape index (κ2) is 7.01. The van der Waals surface area contributed by atoms with Crippen molar-refractivity contribution in [3.8, 4) is 0 Å². The number of nitrogens with one attached hydrogen (secondary N) is 3. The van der Waals surface area contributed by atoms with Crippen LogP contribution in [-0.2, 0) is 11.2 Å². The average Bonchev–Trinajstić information content (AvgIpc) is 3.00. The number of carbonyl (C=O) groups excluding carboxylic acids is 2. The molecule has 0 aliphatic carbocycles. The van der Waals surface area contributed by atoms with Crippen LogP contribution in [0.2, 0.25) is 0 Å². The molecule has 1 aromatic heterocycles. The molecule has 25 heavy (non-hydrogen) atoms. The van der Waals surface area contributed by atoms with Crippen molar-refractivity contribution in [2.45, 2.75) is 45.7 Å². The molecule has 6 nitrogen and oxygen atoms in total. The summed E-state index contributed by atoms with van der Waals surface area (Å²) in [7, 11) is 0. The van der Waals surface area contributed by atoms with E-state index in [-0.39, 0.29) is 24.0 Å². The molecule has 2 atom stereocenters. The highest BCUT2D eigenvalue weighted by atomic mass is 16.3. The lowest BCUT2D eigenvalue weighted by atomic mass is 9.98. The van der Waals surface area contributed by atoms with Gasteiger partial charge in [0.05, 0.1) is 12.1 Å². The fraction of sp³-hybridized carbons (Fsp3) is 0.368. The lowest BCUT2D eigenvalue weighted by Gasteiger charge is -2.21. The molecule has 0 bridgehead atoms. The molecule has 2 heterocycles. The summed E-state index contributed by atoms with van der Waals surface area (Å²) in [5, 5.41) is 8.68. The quantitative estimate of drug-likeness (QED) is 0.794. The number of anilines is 1. The van der Waals surface area contributed by atoms with Crippen molar-refractivity contribution in [2.75, 3.05) is 5.32 Å². The van der Waals surface area contributed by atoms with Gasteiger partial charge in [-0.15, -0.1) is 0 Å². The molecule has 3 amide bonds. The van der Waals surface area contributed by atoms with Crippen LogP contribution in [0.3, 0.4) is 0 Å². The number of aryl methyl sites for hydroxylation is 2. The molecule has 3 N–H and O–H groups in total. The van der Waals surface area contributed by atoms with Crippen LogP contribution in [0.4, 0.5) is 10.5 Å². The van der Waals surface area contributed by atoms with E-state index in [2.05, 4.69) is 16.0 Å². The normalized spacial score (nSPS) is 15.7. The first kappa shape index (κ1) is 17.1. The number of hydrogen-bond donors (Lipinski definition) is 3. The maximum absolute atomic E-state index is 12.2. The Bertz CT molecular complexity index is 797. The Morgan fingerprint density at radius 1 is 1.12 bits per heavy atom. The van der Waals surface area contributed by atoms with Gasteiger partial charge in [-0.05, 0) is 56.5 Å². The van der Waals surface area contributed by atoms with Crippen LogP contribution in [0.1, 0.15) is 55.0 Å². The Morgan fingerprint density at radius 2 is 1.88 bits per heavy atom. The van der Waals surface area contributed by atoms with Gasteiger partial charge in [-0.25, -0.2) is 4.79 Å². The molecule has 0 saturated carbocycles. The second-order valence-electron chi connectivity index (χ2n) is 6.47. The summed E-state index contributed by atoms with van der Waals surface area (Å²) in [5.41, 5.74) is 2.97. The highest BCUT2D eigenvalue weighted by molar-refractivity contribution is 5.93. The molecule has 0 spiro atoms. The van der Waals surface area contributed by atoms with E-state index in [1.807, 2.05) is 51.1 Å². The SMILES string of the molecule is Cc1ccc(C(C)NC(=O)NC(C)c2ccc3c(c2)CCC(=O)N3)o1. The molecule has 3 rings (SSSR count). The van der Waals surface area contributed by atoms with E-state index >= 15 is 0 Å². The van der Waals surface area contributed by atoms with Gasteiger partial charge < -0.3 is 20.4 Å². The van der Waals surface area contributed by atoms with Crippen LogP contribution in [-0.4, -0.2) is 11.9 Å². The van der Waals surface area contributed by atoms with Gasteiger partial charge in [0, 0.05) is 12.1 Å². The van der Waals surface area contributed by atoms with Crippen LogP contribution in [0.5, 0.6) is 0 Å². The number of amides is 3. The Labute approximate surface area is 147 Å². The number of benzene rings is 1. The van der Waals surface area contributed by atoms with Crippen LogP contribution in [0.25, 0.3) is 0 Å². The Kier molecular flexibility index (Phi) is 4.79. The van der Waals surface area contributed by atoms with E-state index in [4.69, 9.17) is 4.42 Å². The van der Waals surface area contributed by atoms with E-state index in [9.17, 15) is 9.59 Å². The first-order valence-corrected chi connectivity index (χ1v) is 8.48. The molecule has 0 radical (unpaired) electrons. The smallest absolute Gasteiger partial charge is 0.315 e. The van der Waals surface area contributed by atoms with Gasteiger partial charge in [-0.3, -0.25) is 4.79 Å². The van der Waals surface area contributed by atoms with Gasteiger partial charge in [0.2, 0.25) is 5.91 Å². The topological polar surface area (TPSA) is 83.4 Å². The van der Waals surface area contributed by atoms with Crippen molar-refractivity contribution in [2.24, 2.45) is 0 Å². The van der Waals surface area contributed by atoms with E-state index in [1.165, 1.54) is 0 Å². The predicted molar refractivity (Wildman–Crippen MR) is 95.3 cm³/mol. The predicted octanol–water partition coefficient (Wildman–Crippen LogP) is 3.59. The molecule has 2 aromatic rings. The zero-order chi connectivity index (χ0) is 18.0. The molecule has 6 heteroatoms. The van der Waals surface area contributed by atoms with E-state index in [0.717, 1.165) is 34.8 Å². The monoisotopic (exact) mass is 341 g/mol. The number of carbonyl (C=O) groups is 2. The summed E-state index contributed by atoms with van der Waals surface area (Å²) in [4.78, 5) is 23.7. The van der Waals surface area contributed by atoms with Crippen LogP contribution in [0, 0.1) is 6.92 Å². The summed E-state index contributed by atoms with van der Waals surface area (Å²) in [6.07, 6.45) is 1.22. The minimum atomic E-state index is -0.250. The van der Waals surface area contributed by atoms with Crippen molar-refractivity contribution in [3.05, 3.63) is 53.0 Å². The molecule has 132 valence electrons. The van der Waals surface area contributed by atoms with Gasteiger partial charge in [-0.1, -0.05) is 12.1 Å². The van der Waals surface area contributed by atoms with Gasteiger partial charge in [0.25, 0.3) is 0 Å². The fourth-order valence-electron chi connectivity index (χ4n) is 2.95. The zero-order valence-corrected chi connectivity index (χ0v) is 14.7. The number of fused-ring (bicyclic) bond motifs is 1. The molecular weight excluding hydrogens is 318 g/mol. The second-order valence-corrected chi connectivity index (χ2v) is 6.47.